The molecule has 8 rings (SSSR count). The van der Waals surface area contributed by atoms with Crippen LogP contribution in [0.5, 0.6) is 0 Å². The topological polar surface area (TPSA) is 45.2 Å². The highest BCUT2D eigenvalue weighted by atomic mass is 15.3. The molecule has 0 aliphatic carbocycles. The van der Waals surface area contributed by atoms with Crippen molar-refractivity contribution >= 4 is 34.4 Å². The monoisotopic (exact) mass is 741 g/mol. The molecule has 1 aromatic heterocycles. The Morgan fingerprint density at radius 2 is 0.737 bits per heavy atom. The maximum atomic E-state index is 5.31. The number of hydrogen-bond donors (Lipinski definition) is 0. The number of hydrogen-bond acceptors (Lipinski definition) is 5. The maximum Gasteiger partial charge on any atom is 0.238 e. The summed E-state index contributed by atoms with van der Waals surface area (Å²) in [4.78, 5) is 20.4. The summed E-state index contributed by atoms with van der Waals surface area (Å²) in [5, 5.41) is 0. The van der Waals surface area contributed by atoms with E-state index in [9.17, 15) is 0 Å². The second-order valence-corrected chi connectivity index (χ2v) is 15.0. The molecule has 0 aliphatic rings. The van der Waals surface area contributed by atoms with Gasteiger partial charge in [-0.25, -0.2) is 4.98 Å². The number of para-hydroxylation sites is 1. The standard InChI is InChI=1S/C52H47N5/c1-34-30-36(3)48(37(4)31-34)57(49-38(5)32-35(2)33-39(49)6)46-29-19-28-45(40(46)7)56(47-27-18-17-26-44(47)41-20-11-8-12-21-41)52-54-50(42-22-13-9-14-23-42)53-51(55-52)43-24-15-10-16-25-43/h8-33H,1-7H3. The number of aromatic nitrogens is 3. The molecule has 0 saturated heterocycles. The van der Waals surface area contributed by atoms with Crippen molar-refractivity contribution in [2.45, 2.75) is 48.5 Å². The zero-order valence-electron chi connectivity index (χ0n) is 33.7. The van der Waals surface area contributed by atoms with Crippen LogP contribution in [0.15, 0.2) is 158 Å². The van der Waals surface area contributed by atoms with Gasteiger partial charge in [-0.05, 0) is 100 Å². The minimum atomic E-state index is 0.531. The summed E-state index contributed by atoms with van der Waals surface area (Å²) >= 11 is 0. The van der Waals surface area contributed by atoms with E-state index >= 15 is 0 Å². The van der Waals surface area contributed by atoms with Crippen LogP contribution in [0.4, 0.5) is 34.4 Å². The summed E-state index contributed by atoms with van der Waals surface area (Å²) in [7, 11) is 0. The van der Waals surface area contributed by atoms with Gasteiger partial charge in [-0.3, -0.25) is 4.90 Å². The lowest BCUT2D eigenvalue weighted by molar-refractivity contribution is 1.02. The molecule has 0 bridgehead atoms. The Balaban J connectivity index is 1.45. The van der Waals surface area contributed by atoms with Crippen molar-refractivity contribution in [3.63, 3.8) is 0 Å². The quantitative estimate of drug-likeness (QED) is 0.147. The normalized spacial score (nSPS) is 11.1. The number of benzene rings is 7. The highest BCUT2D eigenvalue weighted by Gasteiger charge is 2.28. The van der Waals surface area contributed by atoms with Gasteiger partial charge >= 0.3 is 0 Å². The highest BCUT2D eigenvalue weighted by Crippen LogP contribution is 2.48. The lowest BCUT2D eigenvalue weighted by Crippen LogP contribution is -2.20. The third-order valence-electron chi connectivity index (χ3n) is 10.6. The van der Waals surface area contributed by atoms with Crippen molar-refractivity contribution < 1.29 is 0 Å². The molecule has 0 unspecified atom stereocenters. The number of anilines is 6. The predicted octanol–water partition coefficient (Wildman–Crippen LogP) is 14.0. The van der Waals surface area contributed by atoms with Gasteiger partial charge in [0.25, 0.3) is 0 Å². The first-order valence-corrected chi connectivity index (χ1v) is 19.5. The first kappa shape index (κ1) is 37.1. The minimum Gasteiger partial charge on any atom is -0.309 e. The third kappa shape index (κ3) is 7.32. The molecule has 0 atom stereocenters. The van der Waals surface area contributed by atoms with Crippen molar-refractivity contribution in [2.24, 2.45) is 0 Å². The molecule has 280 valence electrons. The average molecular weight is 742 g/mol. The third-order valence-corrected chi connectivity index (χ3v) is 10.6. The average Bonchev–Trinajstić information content (AvgIpc) is 3.21. The Bertz CT molecular complexity index is 2540. The van der Waals surface area contributed by atoms with Crippen molar-refractivity contribution in [1.82, 2.24) is 15.0 Å². The number of nitrogens with zero attached hydrogens (tertiary/aromatic N) is 5. The van der Waals surface area contributed by atoms with Crippen LogP contribution < -0.4 is 9.80 Å². The SMILES string of the molecule is Cc1cc(C)c(N(c2cccc(N(c3nc(-c4ccccc4)nc(-c4ccccc4)n3)c3ccccc3-c3ccccc3)c2C)c2c(C)cc(C)cc2C)c(C)c1. The van der Waals surface area contributed by atoms with E-state index in [4.69, 9.17) is 15.0 Å². The van der Waals surface area contributed by atoms with Gasteiger partial charge in [0.1, 0.15) is 0 Å². The second-order valence-electron chi connectivity index (χ2n) is 15.0. The van der Waals surface area contributed by atoms with E-state index in [0.29, 0.717) is 17.6 Å². The molecule has 57 heavy (non-hydrogen) atoms. The van der Waals surface area contributed by atoms with Gasteiger partial charge in [0.15, 0.2) is 11.6 Å². The summed E-state index contributed by atoms with van der Waals surface area (Å²) in [6.45, 7) is 15.5. The van der Waals surface area contributed by atoms with Crippen molar-refractivity contribution in [1.29, 1.82) is 0 Å². The highest BCUT2D eigenvalue weighted by molar-refractivity contribution is 5.92. The summed E-state index contributed by atoms with van der Waals surface area (Å²) in [6.07, 6.45) is 0. The van der Waals surface area contributed by atoms with Gasteiger partial charge in [0, 0.05) is 16.7 Å². The molecule has 7 aromatic carbocycles. The molecule has 0 fully saturated rings. The Morgan fingerprint density at radius 1 is 0.351 bits per heavy atom. The van der Waals surface area contributed by atoms with Gasteiger partial charge in [0.05, 0.1) is 28.4 Å². The molecule has 8 aromatic rings. The predicted molar refractivity (Wildman–Crippen MR) is 239 cm³/mol. The molecule has 0 saturated carbocycles. The van der Waals surface area contributed by atoms with Crippen molar-refractivity contribution in [3.05, 3.63) is 197 Å². The summed E-state index contributed by atoms with van der Waals surface area (Å²) in [6, 6.07) is 55.2. The molecule has 0 aliphatic heterocycles. The van der Waals surface area contributed by atoms with Crippen LogP contribution in [-0.4, -0.2) is 15.0 Å². The van der Waals surface area contributed by atoms with Gasteiger partial charge < -0.3 is 4.90 Å². The van der Waals surface area contributed by atoms with Crippen LogP contribution in [-0.2, 0) is 0 Å². The molecule has 0 N–H and O–H groups in total. The Morgan fingerprint density at radius 3 is 1.21 bits per heavy atom. The number of aryl methyl sites for hydroxylation is 6. The van der Waals surface area contributed by atoms with E-state index in [1.54, 1.807) is 0 Å². The van der Waals surface area contributed by atoms with Crippen molar-refractivity contribution in [2.75, 3.05) is 9.80 Å². The lowest BCUT2D eigenvalue weighted by atomic mass is 9.97. The van der Waals surface area contributed by atoms with Crippen LogP contribution >= 0.6 is 0 Å². The van der Waals surface area contributed by atoms with Crippen LogP contribution in [0.2, 0.25) is 0 Å². The maximum absolute atomic E-state index is 5.31. The van der Waals surface area contributed by atoms with Crippen molar-refractivity contribution in [3.8, 4) is 33.9 Å². The largest absolute Gasteiger partial charge is 0.309 e. The minimum absolute atomic E-state index is 0.531. The van der Waals surface area contributed by atoms with Crippen LogP contribution in [0.1, 0.15) is 38.9 Å². The van der Waals surface area contributed by atoms with E-state index in [1.165, 1.54) is 44.8 Å². The van der Waals surface area contributed by atoms with Gasteiger partial charge in [-0.1, -0.05) is 151 Å². The van der Waals surface area contributed by atoms with Gasteiger partial charge in [0.2, 0.25) is 5.95 Å². The Hall–Kier alpha value is -6.85. The Labute approximate surface area is 337 Å². The molecule has 0 amide bonds. The summed E-state index contributed by atoms with van der Waals surface area (Å²) < 4.78 is 0. The lowest BCUT2D eigenvalue weighted by Gasteiger charge is -2.35. The molecular formula is C52H47N5. The molecule has 0 radical (unpaired) electrons. The van der Waals surface area contributed by atoms with E-state index in [2.05, 4.69) is 180 Å². The van der Waals surface area contributed by atoms with Crippen LogP contribution in [0, 0.1) is 48.5 Å². The molecular weight excluding hydrogens is 695 g/mol. The molecule has 5 heteroatoms. The zero-order valence-corrected chi connectivity index (χ0v) is 33.7. The molecule has 0 spiro atoms. The number of rotatable bonds is 9. The van der Waals surface area contributed by atoms with Crippen LogP contribution in [0.25, 0.3) is 33.9 Å². The van der Waals surface area contributed by atoms with E-state index in [-0.39, 0.29) is 0 Å². The second kappa shape index (κ2) is 15.7. The fraction of sp³-hybridized carbons (Fsp3) is 0.135. The van der Waals surface area contributed by atoms with Crippen LogP contribution in [0.3, 0.4) is 0 Å². The van der Waals surface area contributed by atoms with E-state index in [0.717, 1.165) is 44.9 Å². The fourth-order valence-corrected chi connectivity index (χ4v) is 8.27. The van der Waals surface area contributed by atoms with Gasteiger partial charge in [-0.15, -0.1) is 0 Å². The zero-order chi connectivity index (χ0) is 39.6. The molecule has 5 nitrogen and oxygen atoms in total. The fourth-order valence-electron chi connectivity index (χ4n) is 8.27. The summed E-state index contributed by atoms with van der Waals surface area (Å²) in [5.41, 5.74) is 17.9. The summed E-state index contributed by atoms with van der Waals surface area (Å²) in [5.74, 6) is 1.74. The Kier molecular flexibility index (Phi) is 10.2. The first-order chi connectivity index (χ1) is 27.7. The smallest absolute Gasteiger partial charge is 0.238 e. The first-order valence-electron chi connectivity index (χ1n) is 19.5. The molecule has 1 heterocycles. The van der Waals surface area contributed by atoms with E-state index < -0.39 is 0 Å². The van der Waals surface area contributed by atoms with Gasteiger partial charge in [-0.2, -0.15) is 9.97 Å². The van der Waals surface area contributed by atoms with E-state index in [1.807, 2.05) is 36.4 Å².